The van der Waals surface area contributed by atoms with E-state index in [0.717, 1.165) is 23.1 Å². The summed E-state index contributed by atoms with van der Waals surface area (Å²) in [5.41, 5.74) is 9.73. The second kappa shape index (κ2) is 5.77. The lowest BCUT2D eigenvalue weighted by Crippen LogP contribution is -2.15. The molecule has 0 aliphatic rings. The van der Waals surface area contributed by atoms with E-state index in [2.05, 4.69) is 4.72 Å². The zero-order chi connectivity index (χ0) is 15.6. The van der Waals surface area contributed by atoms with Crippen LogP contribution in [0.5, 0.6) is 0 Å². The third-order valence-electron chi connectivity index (χ3n) is 3.53. The van der Waals surface area contributed by atoms with Crippen molar-refractivity contribution < 1.29 is 8.42 Å². The topological polar surface area (TPSA) is 72.2 Å². The third-order valence-corrected chi connectivity index (χ3v) is 4.87. The molecule has 2 aromatic rings. The molecule has 0 spiro atoms. The van der Waals surface area contributed by atoms with Crippen molar-refractivity contribution in [3.05, 3.63) is 53.1 Å². The fourth-order valence-electron chi connectivity index (χ4n) is 2.23. The highest BCUT2D eigenvalue weighted by molar-refractivity contribution is 7.92. The lowest BCUT2D eigenvalue weighted by Gasteiger charge is -2.14. The van der Waals surface area contributed by atoms with Crippen LogP contribution < -0.4 is 10.5 Å². The fourth-order valence-corrected chi connectivity index (χ4v) is 3.47. The SMILES string of the molecule is CCc1ccc(S(=O)(=O)Nc2c(C)cccc2C)cc1N. The van der Waals surface area contributed by atoms with Gasteiger partial charge in [-0.2, -0.15) is 0 Å². The summed E-state index contributed by atoms with van der Waals surface area (Å²) in [6.07, 6.45) is 0.774. The Morgan fingerprint density at radius 2 is 1.71 bits per heavy atom. The van der Waals surface area contributed by atoms with Gasteiger partial charge in [-0.15, -0.1) is 0 Å². The highest BCUT2D eigenvalue weighted by Gasteiger charge is 2.17. The maximum atomic E-state index is 12.5. The minimum atomic E-state index is -3.64. The van der Waals surface area contributed by atoms with Gasteiger partial charge in [-0.05, 0) is 49.1 Å². The summed E-state index contributed by atoms with van der Waals surface area (Å²) in [6, 6.07) is 10.5. The Balaban J connectivity index is 2.41. The van der Waals surface area contributed by atoms with E-state index in [1.54, 1.807) is 12.1 Å². The van der Waals surface area contributed by atoms with E-state index in [-0.39, 0.29) is 4.90 Å². The predicted molar refractivity (Wildman–Crippen MR) is 87.0 cm³/mol. The third kappa shape index (κ3) is 3.19. The van der Waals surface area contributed by atoms with Gasteiger partial charge in [0, 0.05) is 5.69 Å². The van der Waals surface area contributed by atoms with Gasteiger partial charge in [0.25, 0.3) is 10.0 Å². The summed E-state index contributed by atoms with van der Waals surface area (Å²) < 4.78 is 27.6. The molecule has 0 aromatic heterocycles. The predicted octanol–water partition coefficient (Wildman–Crippen LogP) is 3.25. The van der Waals surface area contributed by atoms with Crippen LogP contribution >= 0.6 is 0 Å². The number of rotatable bonds is 4. The van der Waals surface area contributed by atoms with E-state index in [4.69, 9.17) is 5.73 Å². The van der Waals surface area contributed by atoms with Gasteiger partial charge in [0.1, 0.15) is 0 Å². The normalized spacial score (nSPS) is 11.4. The molecule has 0 saturated heterocycles. The Morgan fingerprint density at radius 3 is 2.24 bits per heavy atom. The molecular weight excluding hydrogens is 284 g/mol. The van der Waals surface area contributed by atoms with Crippen LogP contribution in [0.4, 0.5) is 11.4 Å². The van der Waals surface area contributed by atoms with Crippen LogP contribution in [0.25, 0.3) is 0 Å². The summed E-state index contributed by atoms with van der Waals surface area (Å²) >= 11 is 0. The van der Waals surface area contributed by atoms with Crippen LogP contribution in [0.3, 0.4) is 0 Å². The van der Waals surface area contributed by atoms with E-state index in [1.807, 2.05) is 39.0 Å². The van der Waals surface area contributed by atoms with Gasteiger partial charge in [-0.1, -0.05) is 31.2 Å². The number of nitrogens with two attached hydrogens (primary N) is 1. The number of benzene rings is 2. The average Bonchev–Trinajstić information content (AvgIpc) is 2.43. The summed E-state index contributed by atoms with van der Waals surface area (Å²) in [4.78, 5) is 0.180. The van der Waals surface area contributed by atoms with E-state index in [1.165, 1.54) is 6.07 Å². The van der Waals surface area contributed by atoms with Gasteiger partial charge in [0.05, 0.1) is 10.6 Å². The van der Waals surface area contributed by atoms with Crippen LogP contribution in [0, 0.1) is 13.8 Å². The monoisotopic (exact) mass is 304 g/mol. The minimum absolute atomic E-state index is 0.180. The molecule has 0 amide bonds. The first-order valence-electron chi connectivity index (χ1n) is 6.82. The molecule has 0 saturated carbocycles. The standard InChI is InChI=1S/C16H20N2O2S/c1-4-13-8-9-14(10-15(13)17)21(19,20)18-16-11(2)6-5-7-12(16)3/h5-10,18H,4,17H2,1-3H3. The summed E-state index contributed by atoms with van der Waals surface area (Å²) in [5, 5.41) is 0. The number of sulfonamides is 1. The van der Waals surface area contributed by atoms with Gasteiger partial charge in [0.15, 0.2) is 0 Å². The maximum Gasteiger partial charge on any atom is 0.261 e. The molecule has 2 aromatic carbocycles. The highest BCUT2D eigenvalue weighted by Crippen LogP contribution is 2.25. The fraction of sp³-hybridized carbons (Fsp3) is 0.250. The van der Waals surface area contributed by atoms with Crippen molar-refractivity contribution >= 4 is 21.4 Å². The van der Waals surface area contributed by atoms with Crippen LogP contribution in [0.1, 0.15) is 23.6 Å². The number of para-hydroxylation sites is 1. The summed E-state index contributed by atoms with van der Waals surface area (Å²) in [6.45, 7) is 5.73. The molecule has 5 heteroatoms. The molecule has 0 radical (unpaired) electrons. The lowest BCUT2D eigenvalue weighted by atomic mass is 10.1. The molecule has 0 aliphatic heterocycles. The van der Waals surface area contributed by atoms with E-state index >= 15 is 0 Å². The van der Waals surface area contributed by atoms with Gasteiger partial charge >= 0.3 is 0 Å². The first kappa shape index (κ1) is 15.4. The Labute approximate surface area is 126 Å². The van der Waals surface area contributed by atoms with Crippen LogP contribution in [0.2, 0.25) is 0 Å². The number of hydrogen-bond acceptors (Lipinski definition) is 3. The molecule has 0 aliphatic carbocycles. The number of nitrogens with one attached hydrogen (secondary N) is 1. The Hall–Kier alpha value is -2.01. The van der Waals surface area contributed by atoms with Crippen molar-refractivity contribution in [2.75, 3.05) is 10.5 Å². The molecule has 0 heterocycles. The van der Waals surface area contributed by atoms with Gasteiger partial charge < -0.3 is 5.73 Å². The van der Waals surface area contributed by atoms with Crippen molar-refractivity contribution in [1.82, 2.24) is 0 Å². The maximum absolute atomic E-state index is 12.5. The summed E-state index contributed by atoms with van der Waals surface area (Å²) in [7, 11) is -3.64. The van der Waals surface area contributed by atoms with Gasteiger partial charge in [0.2, 0.25) is 0 Å². The Morgan fingerprint density at radius 1 is 1.10 bits per heavy atom. The zero-order valence-corrected chi connectivity index (χ0v) is 13.3. The molecule has 112 valence electrons. The highest BCUT2D eigenvalue weighted by atomic mass is 32.2. The number of nitrogen functional groups attached to an aromatic ring is 1. The van der Waals surface area contributed by atoms with Crippen LogP contribution in [-0.2, 0) is 16.4 Å². The quantitative estimate of drug-likeness (QED) is 0.852. The molecule has 0 bridgehead atoms. The number of hydrogen-bond donors (Lipinski definition) is 2. The van der Waals surface area contributed by atoms with E-state index < -0.39 is 10.0 Å². The van der Waals surface area contributed by atoms with Crippen LogP contribution in [0.15, 0.2) is 41.3 Å². The van der Waals surface area contributed by atoms with Crippen molar-refractivity contribution in [1.29, 1.82) is 0 Å². The minimum Gasteiger partial charge on any atom is -0.398 e. The molecule has 0 atom stereocenters. The number of anilines is 2. The molecule has 3 N–H and O–H groups in total. The smallest absolute Gasteiger partial charge is 0.261 e. The first-order chi connectivity index (χ1) is 9.85. The largest absolute Gasteiger partial charge is 0.398 e. The Bertz CT molecular complexity index is 748. The van der Waals surface area contributed by atoms with Crippen molar-refractivity contribution in [3.63, 3.8) is 0 Å². The van der Waals surface area contributed by atoms with Gasteiger partial charge in [-0.25, -0.2) is 8.42 Å². The average molecular weight is 304 g/mol. The van der Waals surface area contributed by atoms with Crippen molar-refractivity contribution in [2.45, 2.75) is 32.1 Å². The van der Waals surface area contributed by atoms with E-state index in [0.29, 0.717) is 11.4 Å². The Kier molecular flexibility index (Phi) is 4.23. The molecule has 2 rings (SSSR count). The lowest BCUT2D eigenvalue weighted by molar-refractivity contribution is 0.601. The molecule has 0 unspecified atom stereocenters. The van der Waals surface area contributed by atoms with Crippen molar-refractivity contribution in [3.8, 4) is 0 Å². The number of aryl methyl sites for hydroxylation is 3. The summed E-state index contributed by atoms with van der Waals surface area (Å²) in [5.74, 6) is 0. The van der Waals surface area contributed by atoms with Crippen molar-refractivity contribution in [2.24, 2.45) is 0 Å². The zero-order valence-electron chi connectivity index (χ0n) is 12.5. The molecule has 21 heavy (non-hydrogen) atoms. The van der Waals surface area contributed by atoms with Crippen LogP contribution in [-0.4, -0.2) is 8.42 Å². The van der Waals surface area contributed by atoms with Gasteiger partial charge in [-0.3, -0.25) is 4.72 Å². The van der Waals surface area contributed by atoms with E-state index in [9.17, 15) is 8.42 Å². The second-order valence-corrected chi connectivity index (χ2v) is 6.77. The first-order valence-corrected chi connectivity index (χ1v) is 8.31. The second-order valence-electron chi connectivity index (χ2n) is 5.09. The molecule has 0 fully saturated rings. The molecular formula is C16H20N2O2S. The molecule has 4 nitrogen and oxygen atoms in total.